The van der Waals surface area contributed by atoms with E-state index >= 15 is 0 Å². The number of aromatic nitrogens is 3. The molecular weight excluding hydrogens is 352 g/mol. The van der Waals surface area contributed by atoms with Crippen molar-refractivity contribution in [3.63, 3.8) is 0 Å². The number of ether oxygens (including phenoxy) is 2. The van der Waals surface area contributed by atoms with E-state index < -0.39 is 0 Å². The largest absolute Gasteiger partial charge is 0.497 e. The zero-order chi connectivity index (χ0) is 19.2. The van der Waals surface area contributed by atoms with Gasteiger partial charge in [-0.15, -0.1) is 0 Å². The molecule has 28 heavy (non-hydrogen) atoms. The molecule has 0 bridgehead atoms. The number of hydrogen-bond donors (Lipinski definition) is 0. The first-order valence-electron chi connectivity index (χ1n) is 9.49. The molecule has 1 atom stereocenters. The quantitative estimate of drug-likeness (QED) is 0.659. The second-order valence-electron chi connectivity index (χ2n) is 6.91. The fraction of sp³-hybridized carbons (Fsp3) is 0.318. The Morgan fingerprint density at radius 3 is 2.57 bits per heavy atom. The summed E-state index contributed by atoms with van der Waals surface area (Å²) in [5.74, 6) is 1.53. The molecule has 1 fully saturated rings. The van der Waals surface area contributed by atoms with E-state index in [1.54, 1.807) is 13.3 Å². The highest BCUT2D eigenvalue weighted by atomic mass is 16.5. The molecule has 1 saturated heterocycles. The van der Waals surface area contributed by atoms with Gasteiger partial charge in [0.25, 0.3) is 0 Å². The predicted molar refractivity (Wildman–Crippen MR) is 107 cm³/mol. The summed E-state index contributed by atoms with van der Waals surface area (Å²) in [7, 11) is 1.68. The highest BCUT2D eigenvalue weighted by molar-refractivity contribution is 5.47. The van der Waals surface area contributed by atoms with Gasteiger partial charge in [-0.1, -0.05) is 18.2 Å². The van der Waals surface area contributed by atoms with Crippen LogP contribution in [0.25, 0.3) is 11.5 Å². The number of morpholine rings is 1. The Morgan fingerprint density at radius 2 is 1.86 bits per heavy atom. The van der Waals surface area contributed by atoms with Gasteiger partial charge >= 0.3 is 0 Å². The molecule has 0 unspecified atom stereocenters. The maximum absolute atomic E-state index is 5.97. The van der Waals surface area contributed by atoms with E-state index in [4.69, 9.17) is 9.47 Å². The van der Waals surface area contributed by atoms with Crippen LogP contribution >= 0.6 is 0 Å². The van der Waals surface area contributed by atoms with Crippen LogP contribution in [0.2, 0.25) is 0 Å². The Balaban J connectivity index is 1.34. The third kappa shape index (κ3) is 4.71. The number of benzene rings is 1. The first-order chi connectivity index (χ1) is 13.8. The molecule has 3 heterocycles. The Morgan fingerprint density at radius 1 is 1.04 bits per heavy atom. The van der Waals surface area contributed by atoms with Gasteiger partial charge in [0.2, 0.25) is 0 Å². The van der Waals surface area contributed by atoms with Crippen LogP contribution in [0.3, 0.4) is 0 Å². The second-order valence-corrected chi connectivity index (χ2v) is 6.91. The molecule has 1 aromatic carbocycles. The van der Waals surface area contributed by atoms with Crippen molar-refractivity contribution < 1.29 is 9.47 Å². The summed E-state index contributed by atoms with van der Waals surface area (Å²) in [6.45, 7) is 3.38. The van der Waals surface area contributed by atoms with Crippen LogP contribution in [0.15, 0.2) is 61.1 Å². The molecule has 6 nitrogen and oxygen atoms in total. The fourth-order valence-electron chi connectivity index (χ4n) is 3.39. The third-order valence-corrected chi connectivity index (χ3v) is 4.85. The summed E-state index contributed by atoms with van der Waals surface area (Å²) < 4.78 is 11.2. The monoisotopic (exact) mass is 376 g/mol. The SMILES string of the molecule is COc1ccc(C[C@@H]2CN(Cc3cnc(-c4ccccn4)nc3)CCO2)cc1. The first-order valence-corrected chi connectivity index (χ1v) is 9.49. The van der Waals surface area contributed by atoms with Gasteiger partial charge in [0.05, 0.1) is 19.8 Å². The number of methoxy groups -OCH3 is 1. The maximum atomic E-state index is 5.97. The lowest BCUT2D eigenvalue weighted by molar-refractivity contribution is -0.0305. The van der Waals surface area contributed by atoms with Crippen molar-refractivity contribution in [2.45, 2.75) is 19.1 Å². The molecule has 3 aromatic rings. The Hall–Kier alpha value is -2.83. The van der Waals surface area contributed by atoms with Crippen LogP contribution in [0, 0.1) is 0 Å². The first kappa shape index (κ1) is 18.5. The van der Waals surface area contributed by atoms with Gasteiger partial charge in [0.1, 0.15) is 11.4 Å². The number of pyridine rings is 1. The van der Waals surface area contributed by atoms with E-state index in [0.29, 0.717) is 5.82 Å². The van der Waals surface area contributed by atoms with Crippen LogP contribution in [-0.2, 0) is 17.7 Å². The Bertz CT molecular complexity index is 869. The molecule has 0 saturated carbocycles. The smallest absolute Gasteiger partial charge is 0.178 e. The van der Waals surface area contributed by atoms with Crippen LogP contribution in [0.1, 0.15) is 11.1 Å². The minimum atomic E-state index is 0.191. The van der Waals surface area contributed by atoms with Crippen LogP contribution < -0.4 is 4.74 Å². The normalized spacial score (nSPS) is 17.4. The molecule has 6 heteroatoms. The van der Waals surface area contributed by atoms with E-state index in [-0.39, 0.29) is 6.10 Å². The van der Waals surface area contributed by atoms with E-state index in [0.717, 1.165) is 49.7 Å². The minimum Gasteiger partial charge on any atom is -0.497 e. The second kappa shape index (κ2) is 8.91. The molecule has 0 spiro atoms. The summed E-state index contributed by atoms with van der Waals surface area (Å²) in [6.07, 6.45) is 6.63. The Kier molecular flexibility index (Phi) is 5.89. The Labute approximate surface area is 165 Å². The molecule has 1 aliphatic rings. The average Bonchev–Trinajstić information content (AvgIpc) is 2.76. The molecule has 0 radical (unpaired) electrons. The van der Waals surface area contributed by atoms with E-state index in [2.05, 4.69) is 32.0 Å². The van der Waals surface area contributed by atoms with Gasteiger partial charge in [0.15, 0.2) is 5.82 Å². The number of hydrogen-bond acceptors (Lipinski definition) is 6. The lowest BCUT2D eigenvalue weighted by atomic mass is 10.1. The summed E-state index contributed by atoms with van der Waals surface area (Å²) in [6, 6.07) is 13.9. The van der Waals surface area contributed by atoms with Crippen LogP contribution in [0.5, 0.6) is 5.75 Å². The molecular formula is C22H24N4O2. The molecule has 0 aliphatic carbocycles. The van der Waals surface area contributed by atoms with Crippen molar-refractivity contribution in [3.05, 3.63) is 72.2 Å². The summed E-state index contributed by atoms with van der Waals surface area (Å²) in [4.78, 5) is 15.6. The lowest BCUT2D eigenvalue weighted by Crippen LogP contribution is -2.42. The van der Waals surface area contributed by atoms with Crippen molar-refractivity contribution in [1.29, 1.82) is 0 Å². The van der Waals surface area contributed by atoms with E-state index in [1.807, 2.05) is 42.7 Å². The lowest BCUT2D eigenvalue weighted by Gasteiger charge is -2.33. The average molecular weight is 376 g/mol. The minimum absolute atomic E-state index is 0.191. The van der Waals surface area contributed by atoms with Gasteiger partial charge < -0.3 is 9.47 Å². The van der Waals surface area contributed by atoms with Gasteiger partial charge in [-0.2, -0.15) is 0 Å². The predicted octanol–water partition coefficient (Wildman–Crippen LogP) is 2.99. The zero-order valence-corrected chi connectivity index (χ0v) is 16.0. The maximum Gasteiger partial charge on any atom is 0.178 e. The van der Waals surface area contributed by atoms with Gasteiger partial charge in [-0.25, -0.2) is 9.97 Å². The van der Waals surface area contributed by atoms with Crippen LogP contribution in [-0.4, -0.2) is 52.8 Å². The van der Waals surface area contributed by atoms with Crippen molar-refractivity contribution >= 4 is 0 Å². The van der Waals surface area contributed by atoms with Gasteiger partial charge in [-0.3, -0.25) is 9.88 Å². The van der Waals surface area contributed by atoms with E-state index in [9.17, 15) is 0 Å². The van der Waals surface area contributed by atoms with Crippen molar-refractivity contribution in [3.8, 4) is 17.3 Å². The van der Waals surface area contributed by atoms with Gasteiger partial charge in [-0.05, 0) is 36.2 Å². The zero-order valence-electron chi connectivity index (χ0n) is 16.0. The summed E-state index contributed by atoms with van der Waals surface area (Å²) in [5.41, 5.74) is 3.15. The molecule has 4 rings (SSSR count). The van der Waals surface area contributed by atoms with Gasteiger partial charge in [0, 0.05) is 43.8 Å². The third-order valence-electron chi connectivity index (χ3n) is 4.85. The highest BCUT2D eigenvalue weighted by Gasteiger charge is 2.21. The summed E-state index contributed by atoms with van der Waals surface area (Å²) in [5, 5.41) is 0. The fourth-order valence-corrected chi connectivity index (χ4v) is 3.39. The van der Waals surface area contributed by atoms with Crippen molar-refractivity contribution in [1.82, 2.24) is 19.9 Å². The van der Waals surface area contributed by atoms with Crippen molar-refractivity contribution in [2.24, 2.45) is 0 Å². The molecule has 0 N–H and O–H groups in total. The topological polar surface area (TPSA) is 60.4 Å². The number of nitrogens with zero attached hydrogens (tertiary/aromatic N) is 4. The van der Waals surface area contributed by atoms with E-state index in [1.165, 1.54) is 5.56 Å². The molecule has 2 aromatic heterocycles. The molecule has 0 amide bonds. The molecule has 1 aliphatic heterocycles. The van der Waals surface area contributed by atoms with Crippen molar-refractivity contribution in [2.75, 3.05) is 26.8 Å². The molecule has 144 valence electrons. The van der Waals surface area contributed by atoms with Crippen LogP contribution in [0.4, 0.5) is 0 Å². The highest BCUT2D eigenvalue weighted by Crippen LogP contribution is 2.17. The standard InChI is InChI=1S/C22H24N4O2/c1-27-19-7-5-17(6-8-19)12-20-16-26(10-11-28-20)15-18-13-24-22(25-14-18)21-4-2-3-9-23-21/h2-9,13-14,20H,10-12,15-16H2,1H3/t20-/m1/s1. The summed E-state index contributed by atoms with van der Waals surface area (Å²) >= 11 is 0. The number of rotatable bonds is 6.